The summed E-state index contributed by atoms with van der Waals surface area (Å²) in [6.45, 7) is 5.22. The summed E-state index contributed by atoms with van der Waals surface area (Å²) in [7, 11) is 4.85. The molecule has 4 rings (SSSR count). The minimum atomic E-state index is -0.290. The fourth-order valence-electron chi connectivity index (χ4n) is 4.50. The van der Waals surface area contributed by atoms with Gasteiger partial charge in [-0.05, 0) is 71.5 Å². The summed E-state index contributed by atoms with van der Waals surface area (Å²) in [6.07, 6.45) is 0.713. The highest BCUT2D eigenvalue weighted by Gasteiger charge is 2.33. The first-order valence-electron chi connectivity index (χ1n) is 11.9. The molecule has 0 fully saturated rings. The van der Waals surface area contributed by atoms with Crippen molar-refractivity contribution < 1.29 is 23.7 Å². The van der Waals surface area contributed by atoms with Crippen LogP contribution in [0.2, 0.25) is 0 Å². The number of carbonyl (C=O) groups excluding carboxylic acids is 1. The van der Waals surface area contributed by atoms with Crippen LogP contribution >= 0.6 is 0 Å². The molecule has 0 radical (unpaired) electrons. The first kappa shape index (κ1) is 24.5. The van der Waals surface area contributed by atoms with E-state index in [9.17, 15) is 4.79 Å². The molecular formula is C29H33NO5. The smallest absolute Gasteiger partial charge is 0.254 e. The van der Waals surface area contributed by atoms with E-state index in [1.165, 1.54) is 5.56 Å². The lowest BCUT2D eigenvalue weighted by Gasteiger charge is -2.37. The Labute approximate surface area is 207 Å². The summed E-state index contributed by atoms with van der Waals surface area (Å²) in [6, 6.07) is 19.1. The molecule has 3 aromatic rings. The van der Waals surface area contributed by atoms with Crippen molar-refractivity contribution in [2.75, 3.05) is 34.5 Å². The van der Waals surface area contributed by atoms with Gasteiger partial charge in [0.05, 0.1) is 27.4 Å². The molecule has 1 atom stereocenters. The predicted octanol–water partition coefficient (Wildman–Crippen LogP) is 5.65. The van der Waals surface area contributed by atoms with Crippen molar-refractivity contribution in [1.82, 2.24) is 4.90 Å². The molecule has 1 amide bonds. The Morgan fingerprint density at radius 1 is 0.914 bits per heavy atom. The van der Waals surface area contributed by atoms with Crippen molar-refractivity contribution >= 4 is 5.91 Å². The maximum Gasteiger partial charge on any atom is 0.254 e. The molecule has 0 unspecified atom stereocenters. The summed E-state index contributed by atoms with van der Waals surface area (Å²) in [5, 5.41) is 0. The van der Waals surface area contributed by atoms with Crippen molar-refractivity contribution in [1.29, 1.82) is 0 Å². The Balaban J connectivity index is 1.68. The minimum Gasteiger partial charge on any atom is -0.497 e. The van der Waals surface area contributed by atoms with Gasteiger partial charge in [-0.15, -0.1) is 0 Å². The summed E-state index contributed by atoms with van der Waals surface area (Å²) in [5.74, 6) is 3.13. The van der Waals surface area contributed by atoms with Crippen LogP contribution in [0.25, 0.3) is 0 Å². The van der Waals surface area contributed by atoms with E-state index < -0.39 is 0 Å². The van der Waals surface area contributed by atoms with Gasteiger partial charge in [0.2, 0.25) is 0 Å². The number of hydrogen-bond donors (Lipinski definition) is 0. The number of amides is 1. The van der Waals surface area contributed by atoms with Crippen LogP contribution in [-0.4, -0.2) is 45.3 Å². The molecule has 6 heteroatoms. The molecule has 0 spiro atoms. The molecule has 3 aromatic carbocycles. The fraction of sp³-hybridized carbons (Fsp3) is 0.345. The number of hydrogen-bond acceptors (Lipinski definition) is 5. The third-order valence-electron chi connectivity index (χ3n) is 6.53. The van der Waals surface area contributed by atoms with Gasteiger partial charge in [0.1, 0.15) is 18.1 Å². The standard InChI is InChI=1S/C29H33NO5/c1-19(2)20-9-11-23(12-10-20)35-18-26-25-17-28(34-5)27(33-4)16-21(25)13-14-30(26)29(31)22-7-6-8-24(15-22)32-3/h6-12,15-17,19,26H,13-14,18H2,1-5H3/t26-/m0/s1. The van der Waals surface area contributed by atoms with E-state index in [0.29, 0.717) is 48.3 Å². The van der Waals surface area contributed by atoms with Gasteiger partial charge < -0.3 is 23.8 Å². The van der Waals surface area contributed by atoms with Gasteiger partial charge in [0.25, 0.3) is 5.91 Å². The van der Waals surface area contributed by atoms with Crippen LogP contribution in [-0.2, 0) is 6.42 Å². The third-order valence-corrected chi connectivity index (χ3v) is 6.53. The summed E-state index contributed by atoms with van der Waals surface area (Å²) >= 11 is 0. The highest BCUT2D eigenvalue weighted by molar-refractivity contribution is 5.95. The maximum atomic E-state index is 13.7. The first-order valence-corrected chi connectivity index (χ1v) is 11.9. The van der Waals surface area contributed by atoms with Crippen LogP contribution in [0.4, 0.5) is 0 Å². The molecule has 184 valence electrons. The molecule has 35 heavy (non-hydrogen) atoms. The van der Waals surface area contributed by atoms with Gasteiger partial charge >= 0.3 is 0 Å². The molecule has 1 aliphatic heterocycles. The van der Waals surface area contributed by atoms with E-state index in [1.807, 2.05) is 47.4 Å². The third kappa shape index (κ3) is 5.21. The lowest BCUT2D eigenvalue weighted by molar-refractivity contribution is 0.0589. The Morgan fingerprint density at radius 3 is 2.29 bits per heavy atom. The number of benzene rings is 3. The summed E-state index contributed by atoms with van der Waals surface area (Å²) in [5.41, 5.74) is 3.97. The van der Waals surface area contributed by atoms with Crippen molar-refractivity contribution in [3.05, 3.63) is 82.9 Å². The summed E-state index contributed by atoms with van der Waals surface area (Å²) < 4.78 is 22.7. The number of carbonyl (C=O) groups is 1. The molecular weight excluding hydrogens is 442 g/mol. The van der Waals surface area contributed by atoms with Crippen LogP contribution < -0.4 is 18.9 Å². The van der Waals surface area contributed by atoms with Crippen LogP contribution in [0.3, 0.4) is 0 Å². The number of nitrogens with zero attached hydrogens (tertiary/aromatic N) is 1. The molecule has 0 bridgehead atoms. The fourth-order valence-corrected chi connectivity index (χ4v) is 4.50. The predicted molar refractivity (Wildman–Crippen MR) is 136 cm³/mol. The minimum absolute atomic E-state index is 0.0620. The van der Waals surface area contributed by atoms with E-state index in [4.69, 9.17) is 18.9 Å². The molecule has 0 saturated carbocycles. The van der Waals surface area contributed by atoms with Crippen LogP contribution in [0.5, 0.6) is 23.0 Å². The number of fused-ring (bicyclic) bond motifs is 1. The number of rotatable bonds is 8. The van der Waals surface area contributed by atoms with Gasteiger partial charge in [0, 0.05) is 12.1 Å². The highest BCUT2D eigenvalue weighted by atomic mass is 16.5. The maximum absolute atomic E-state index is 13.7. The average Bonchev–Trinajstić information content (AvgIpc) is 2.90. The zero-order chi connectivity index (χ0) is 24.9. The van der Waals surface area contributed by atoms with E-state index in [-0.39, 0.29) is 11.9 Å². The van der Waals surface area contributed by atoms with Gasteiger partial charge in [0.15, 0.2) is 11.5 Å². The molecule has 6 nitrogen and oxygen atoms in total. The number of methoxy groups -OCH3 is 3. The largest absolute Gasteiger partial charge is 0.497 e. The first-order chi connectivity index (χ1) is 16.9. The van der Waals surface area contributed by atoms with Crippen LogP contribution in [0.15, 0.2) is 60.7 Å². The van der Waals surface area contributed by atoms with Crippen molar-refractivity contribution in [3.8, 4) is 23.0 Å². The molecule has 1 heterocycles. The molecule has 0 N–H and O–H groups in total. The summed E-state index contributed by atoms with van der Waals surface area (Å²) in [4.78, 5) is 15.5. The van der Waals surface area contributed by atoms with E-state index >= 15 is 0 Å². The topological polar surface area (TPSA) is 57.2 Å². The Kier molecular flexibility index (Phi) is 7.49. The lowest BCUT2D eigenvalue weighted by atomic mass is 9.91. The molecule has 0 aromatic heterocycles. The Morgan fingerprint density at radius 2 is 1.63 bits per heavy atom. The SMILES string of the molecule is COc1cccc(C(=O)N2CCc3cc(OC)c(OC)cc3[C@@H]2COc2ccc(C(C)C)cc2)c1. The van der Waals surface area contributed by atoms with Gasteiger partial charge in [-0.1, -0.05) is 32.0 Å². The van der Waals surface area contributed by atoms with E-state index in [1.54, 1.807) is 27.4 Å². The van der Waals surface area contributed by atoms with E-state index in [0.717, 1.165) is 16.9 Å². The highest BCUT2D eigenvalue weighted by Crippen LogP contribution is 2.39. The monoisotopic (exact) mass is 475 g/mol. The lowest BCUT2D eigenvalue weighted by Crippen LogP contribution is -2.42. The van der Waals surface area contributed by atoms with Crippen molar-refractivity contribution in [2.45, 2.75) is 32.2 Å². The van der Waals surface area contributed by atoms with Crippen LogP contribution in [0, 0.1) is 0 Å². The van der Waals surface area contributed by atoms with Gasteiger partial charge in [-0.25, -0.2) is 0 Å². The van der Waals surface area contributed by atoms with Crippen LogP contribution in [0.1, 0.15) is 52.9 Å². The molecule has 0 aliphatic carbocycles. The van der Waals surface area contributed by atoms with Gasteiger partial charge in [-0.2, -0.15) is 0 Å². The zero-order valence-electron chi connectivity index (χ0n) is 21.0. The molecule has 0 saturated heterocycles. The van der Waals surface area contributed by atoms with E-state index in [2.05, 4.69) is 26.0 Å². The molecule has 1 aliphatic rings. The normalized spacial score (nSPS) is 14.9. The van der Waals surface area contributed by atoms with Gasteiger partial charge in [-0.3, -0.25) is 4.79 Å². The number of ether oxygens (including phenoxy) is 4. The Hall–Kier alpha value is -3.67. The second-order valence-corrected chi connectivity index (χ2v) is 8.94. The van der Waals surface area contributed by atoms with Crippen molar-refractivity contribution in [3.63, 3.8) is 0 Å². The Bertz CT molecular complexity index is 1170. The zero-order valence-corrected chi connectivity index (χ0v) is 21.0. The second kappa shape index (κ2) is 10.7. The van der Waals surface area contributed by atoms with Crippen molar-refractivity contribution in [2.24, 2.45) is 0 Å². The quantitative estimate of drug-likeness (QED) is 0.421. The average molecular weight is 476 g/mol. The second-order valence-electron chi connectivity index (χ2n) is 8.94.